The number of aryl methyl sites for hydroxylation is 1. The molecule has 1 aliphatic rings. The van der Waals surface area contributed by atoms with Crippen LogP contribution in [0, 0.1) is 12.8 Å². The Labute approximate surface area is 125 Å². The minimum absolute atomic E-state index is 0.0289. The fraction of sp³-hybridized carbons (Fsp3) is 0.500. The van der Waals surface area contributed by atoms with Crippen LogP contribution in [0.3, 0.4) is 0 Å². The van der Waals surface area contributed by atoms with Crippen LogP contribution in [-0.2, 0) is 4.79 Å². The van der Waals surface area contributed by atoms with Crippen LogP contribution < -0.4 is 16.0 Å². The van der Waals surface area contributed by atoms with E-state index in [-0.39, 0.29) is 17.7 Å². The summed E-state index contributed by atoms with van der Waals surface area (Å²) >= 11 is 0. The highest BCUT2D eigenvalue weighted by Gasteiger charge is 2.21. The number of carbonyl (C=O) groups excluding carboxylic acids is 2. The molecule has 0 bridgehead atoms. The molecule has 1 aromatic carbocycles. The number of hydrogen-bond acceptors (Lipinski definition) is 3. The third-order valence-electron chi connectivity index (χ3n) is 3.75. The molecule has 3 N–H and O–H groups in total. The van der Waals surface area contributed by atoms with Crippen molar-refractivity contribution in [3.8, 4) is 0 Å². The first-order valence-corrected chi connectivity index (χ1v) is 7.52. The zero-order valence-electron chi connectivity index (χ0n) is 12.7. The molecular weight excluding hydrogens is 266 g/mol. The van der Waals surface area contributed by atoms with Crippen LogP contribution in [-0.4, -0.2) is 31.4 Å². The van der Waals surface area contributed by atoms with Gasteiger partial charge >= 0.3 is 0 Å². The largest absolute Gasteiger partial charge is 0.352 e. The summed E-state index contributed by atoms with van der Waals surface area (Å²) < 4.78 is 0. The van der Waals surface area contributed by atoms with Gasteiger partial charge in [-0.3, -0.25) is 9.59 Å². The molecule has 1 aliphatic heterocycles. The van der Waals surface area contributed by atoms with Crippen molar-refractivity contribution in [3.05, 3.63) is 29.3 Å². The molecule has 0 radical (unpaired) electrons. The predicted molar refractivity (Wildman–Crippen MR) is 83.4 cm³/mol. The van der Waals surface area contributed by atoms with E-state index in [2.05, 4.69) is 16.0 Å². The Morgan fingerprint density at radius 1 is 1.38 bits per heavy atom. The smallest absolute Gasteiger partial charge is 0.251 e. The maximum Gasteiger partial charge on any atom is 0.251 e. The normalized spacial score (nSPS) is 18.1. The Morgan fingerprint density at radius 2 is 2.19 bits per heavy atom. The van der Waals surface area contributed by atoms with Gasteiger partial charge in [0, 0.05) is 24.3 Å². The minimum Gasteiger partial charge on any atom is -0.352 e. The minimum atomic E-state index is -0.0880. The Hall–Kier alpha value is -1.88. The van der Waals surface area contributed by atoms with Gasteiger partial charge in [-0.1, -0.05) is 0 Å². The maximum absolute atomic E-state index is 12.2. The second-order valence-corrected chi connectivity index (χ2v) is 5.42. The third kappa shape index (κ3) is 4.04. The molecule has 2 amide bonds. The summed E-state index contributed by atoms with van der Waals surface area (Å²) in [6.45, 7) is 6.12. The first-order valence-electron chi connectivity index (χ1n) is 7.52. The van der Waals surface area contributed by atoms with Crippen LogP contribution in [0.4, 0.5) is 5.69 Å². The van der Waals surface area contributed by atoms with E-state index in [1.54, 1.807) is 18.2 Å². The topological polar surface area (TPSA) is 70.2 Å². The quantitative estimate of drug-likeness (QED) is 0.790. The molecule has 114 valence electrons. The van der Waals surface area contributed by atoms with Crippen molar-refractivity contribution >= 4 is 17.5 Å². The standard InChI is InChI=1S/C16H23N3O2/c1-3-18-15(20)12-6-7-14(11(2)9-12)19-16(21)13-5-4-8-17-10-13/h6-7,9,13,17H,3-5,8,10H2,1-2H3,(H,18,20)(H,19,21). The number of rotatable bonds is 4. The second kappa shape index (κ2) is 7.22. The van der Waals surface area contributed by atoms with Crippen LogP contribution in [0.2, 0.25) is 0 Å². The van der Waals surface area contributed by atoms with Crippen LogP contribution in [0.1, 0.15) is 35.7 Å². The Morgan fingerprint density at radius 3 is 2.81 bits per heavy atom. The highest BCUT2D eigenvalue weighted by atomic mass is 16.2. The molecule has 1 unspecified atom stereocenters. The Balaban J connectivity index is 2.03. The molecule has 0 aliphatic carbocycles. The van der Waals surface area contributed by atoms with Gasteiger partial charge < -0.3 is 16.0 Å². The second-order valence-electron chi connectivity index (χ2n) is 5.42. The Bertz CT molecular complexity index is 522. The van der Waals surface area contributed by atoms with Crippen molar-refractivity contribution in [1.29, 1.82) is 0 Å². The summed E-state index contributed by atoms with van der Waals surface area (Å²) in [7, 11) is 0. The maximum atomic E-state index is 12.2. The third-order valence-corrected chi connectivity index (χ3v) is 3.75. The lowest BCUT2D eigenvalue weighted by Crippen LogP contribution is -2.37. The first-order chi connectivity index (χ1) is 10.1. The molecular formula is C16H23N3O2. The average Bonchev–Trinajstić information content (AvgIpc) is 2.50. The lowest BCUT2D eigenvalue weighted by molar-refractivity contribution is -0.120. The van der Waals surface area contributed by atoms with E-state index in [9.17, 15) is 9.59 Å². The predicted octanol–water partition coefficient (Wildman–Crippen LogP) is 1.68. The molecule has 5 heteroatoms. The van der Waals surface area contributed by atoms with Gasteiger partial charge in [0.15, 0.2) is 0 Å². The zero-order valence-corrected chi connectivity index (χ0v) is 12.7. The summed E-state index contributed by atoms with van der Waals surface area (Å²) in [5.41, 5.74) is 2.29. The van der Waals surface area contributed by atoms with Crippen LogP contribution in [0.15, 0.2) is 18.2 Å². The lowest BCUT2D eigenvalue weighted by Gasteiger charge is -2.22. The average molecular weight is 289 g/mol. The van der Waals surface area contributed by atoms with Crippen molar-refractivity contribution in [1.82, 2.24) is 10.6 Å². The summed E-state index contributed by atoms with van der Waals surface area (Å²) in [5, 5.41) is 8.97. The first kappa shape index (κ1) is 15.5. The van der Waals surface area contributed by atoms with Crippen molar-refractivity contribution in [2.45, 2.75) is 26.7 Å². The number of nitrogens with one attached hydrogen (secondary N) is 3. The molecule has 1 atom stereocenters. The highest BCUT2D eigenvalue weighted by Crippen LogP contribution is 2.19. The molecule has 1 fully saturated rings. The fourth-order valence-corrected chi connectivity index (χ4v) is 2.52. The van der Waals surface area contributed by atoms with Crippen molar-refractivity contribution in [2.75, 3.05) is 25.0 Å². The number of amides is 2. The van der Waals surface area contributed by atoms with Gasteiger partial charge in [0.2, 0.25) is 5.91 Å². The van der Waals surface area contributed by atoms with Gasteiger partial charge in [-0.25, -0.2) is 0 Å². The molecule has 1 heterocycles. The van der Waals surface area contributed by atoms with Crippen LogP contribution in [0.25, 0.3) is 0 Å². The number of hydrogen-bond donors (Lipinski definition) is 3. The summed E-state index contributed by atoms with van der Waals surface area (Å²) in [6.07, 6.45) is 1.96. The van der Waals surface area contributed by atoms with E-state index in [1.807, 2.05) is 13.8 Å². The van der Waals surface area contributed by atoms with Gasteiger partial charge in [-0.2, -0.15) is 0 Å². The van der Waals surface area contributed by atoms with Crippen LogP contribution >= 0.6 is 0 Å². The van der Waals surface area contributed by atoms with E-state index in [0.29, 0.717) is 12.1 Å². The number of benzene rings is 1. The van der Waals surface area contributed by atoms with E-state index in [1.165, 1.54) is 0 Å². The molecule has 0 spiro atoms. The molecule has 5 nitrogen and oxygen atoms in total. The van der Waals surface area contributed by atoms with Gasteiger partial charge in [-0.05, 0) is 57.0 Å². The van der Waals surface area contributed by atoms with Gasteiger partial charge in [0.25, 0.3) is 5.91 Å². The van der Waals surface area contributed by atoms with E-state index in [4.69, 9.17) is 0 Å². The Kier molecular flexibility index (Phi) is 5.33. The van der Waals surface area contributed by atoms with E-state index in [0.717, 1.165) is 37.2 Å². The van der Waals surface area contributed by atoms with Crippen molar-refractivity contribution < 1.29 is 9.59 Å². The number of piperidine rings is 1. The van der Waals surface area contributed by atoms with Gasteiger partial charge in [0.05, 0.1) is 5.92 Å². The van der Waals surface area contributed by atoms with Crippen molar-refractivity contribution in [2.24, 2.45) is 5.92 Å². The zero-order chi connectivity index (χ0) is 15.2. The lowest BCUT2D eigenvalue weighted by atomic mass is 9.98. The van der Waals surface area contributed by atoms with Gasteiger partial charge in [0.1, 0.15) is 0 Å². The summed E-state index contributed by atoms with van der Waals surface area (Å²) in [6, 6.07) is 5.35. The van der Waals surface area contributed by atoms with E-state index < -0.39 is 0 Å². The molecule has 21 heavy (non-hydrogen) atoms. The summed E-state index contributed by atoms with van der Waals surface area (Å²) in [5.74, 6) is -0.00719. The number of anilines is 1. The molecule has 0 saturated carbocycles. The monoisotopic (exact) mass is 289 g/mol. The fourth-order valence-electron chi connectivity index (χ4n) is 2.52. The summed E-state index contributed by atoms with van der Waals surface area (Å²) in [4.78, 5) is 24.0. The molecule has 2 rings (SSSR count). The van der Waals surface area contributed by atoms with Crippen LogP contribution in [0.5, 0.6) is 0 Å². The van der Waals surface area contributed by atoms with E-state index >= 15 is 0 Å². The molecule has 0 aromatic heterocycles. The molecule has 1 aromatic rings. The highest BCUT2D eigenvalue weighted by molar-refractivity contribution is 5.97. The van der Waals surface area contributed by atoms with Gasteiger partial charge in [-0.15, -0.1) is 0 Å². The number of carbonyl (C=O) groups is 2. The SMILES string of the molecule is CCNC(=O)c1ccc(NC(=O)C2CCCNC2)c(C)c1. The molecule has 1 saturated heterocycles. The van der Waals surface area contributed by atoms with Crippen molar-refractivity contribution in [3.63, 3.8) is 0 Å².